The van der Waals surface area contributed by atoms with E-state index in [1.54, 1.807) is 19.1 Å². The van der Waals surface area contributed by atoms with Crippen molar-refractivity contribution in [3.8, 4) is 0 Å². The summed E-state index contributed by atoms with van der Waals surface area (Å²) in [7, 11) is -3.61. The summed E-state index contributed by atoms with van der Waals surface area (Å²) >= 11 is 0. The van der Waals surface area contributed by atoms with Crippen LogP contribution in [0.3, 0.4) is 0 Å². The van der Waals surface area contributed by atoms with Gasteiger partial charge >= 0.3 is 5.97 Å². The molecule has 5 nitrogen and oxygen atoms in total. The normalized spacial score (nSPS) is 26.0. The molecule has 0 bridgehead atoms. The van der Waals surface area contributed by atoms with Crippen LogP contribution in [0.5, 0.6) is 0 Å². The van der Waals surface area contributed by atoms with Crippen LogP contribution in [0.25, 0.3) is 0 Å². The first-order valence-electron chi connectivity index (χ1n) is 7.27. The highest BCUT2D eigenvalue weighted by Gasteiger charge is 2.42. The maximum absolute atomic E-state index is 12.7. The predicted molar refractivity (Wildman–Crippen MR) is 77.6 cm³/mol. The molecule has 1 aromatic rings. The molecule has 0 spiro atoms. The number of carboxylic acid groups (broad SMARTS) is 1. The molecule has 2 aliphatic rings. The molecular formula is C15H19NO4S. The highest BCUT2D eigenvalue weighted by Crippen LogP contribution is 2.32. The Morgan fingerprint density at radius 1 is 1.29 bits per heavy atom. The zero-order chi connectivity index (χ0) is 15.2. The van der Waals surface area contributed by atoms with E-state index in [1.165, 1.54) is 9.87 Å². The number of nitrogens with zero attached hydrogens (tertiary/aromatic N) is 1. The minimum Gasteiger partial charge on any atom is -0.481 e. The van der Waals surface area contributed by atoms with E-state index in [0.29, 0.717) is 11.3 Å². The van der Waals surface area contributed by atoms with Crippen LogP contribution in [-0.4, -0.2) is 36.4 Å². The minimum atomic E-state index is -3.61. The zero-order valence-corrected chi connectivity index (χ0v) is 12.8. The Balaban J connectivity index is 1.93. The van der Waals surface area contributed by atoms with Gasteiger partial charge in [0.15, 0.2) is 0 Å². The number of fused-ring (bicyclic) bond motifs is 1. The molecule has 114 valence electrons. The van der Waals surface area contributed by atoms with E-state index in [0.717, 1.165) is 24.8 Å². The Bertz CT molecular complexity index is 683. The quantitative estimate of drug-likeness (QED) is 0.921. The summed E-state index contributed by atoms with van der Waals surface area (Å²) in [5.41, 5.74) is 2.34. The van der Waals surface area contributed by atoms with Gasteiger partial charge in [0.1, 0.15) is 0 Å². The average Bonchev–Trinajstić information content (AvgIpc) is 3.03. The Morgan fingerprint density at radius 3 is 2.67 bits per heavy atom. The van der Waals surface area contributed by atoms with Crippen molar-refractivity contribution in [1.82, 2.24) is 4.31 Å². The lowest BCUT2D eigenvalue weighted by atomic mass is 10.0. The van der Waals surface area contributed by atoms with Gasteiger partial charge in [-0.1, -0.05) is 6.07 Å². The van der Waals surface area contributed by atoms with Crippen LogP contribution < -0.4 is 0 Å². The predicted octanol–water partition coefficient (Wildman–Crippen LogP) is 1.66. The van der Waals surface area contributed by atoms with E-state index in [4.69, 9.17) is 5.11 Å². The van der Waals surface area contributed by atoms with Gasteiger partial charge in [-0.2, -0.15) is 4.31 Å². The molecule has 6 heteroatoms. The highest BCUT2D eigenvalue weighted by atomic mass is 32.2. The maximum Gasteiger partial charge on any atom is 0.308 e. The van der Waals surface area contributed by atoms with Crippen LogP contribution >= 0.6 is 0 Å². The molecular weight excluding hydrogens is 290 g/mol. The maximum atomic E-state index is 12.7. The molecule has 3 rings (SSSR count). The fourth-order valence-corrected chi connectivity index (χ4v) is 5.16. The molecule has 0 aromatic heterocycles. The van der Waals surface area contributed by atoms with E-state index in [2.05, 4.69) is 0 Å². The summed E-state index contributed by atoms with van der Waals surface area (Å²) in [6, 6.07) is 4.81. The lowest BCUT2D eigenvalue weighted by molar-refractivity contribution is -0.142. The van der Waals surface area contributed by atoms with E-state index >= 15 is 0 Å². The lowest BCUT2D eigenvalue weighted by Crippen LogP contribution is -2.37. The number of carbonyl (C=O) groups is 1. The smallest absolute Gasteiger partial charge is 0.308 e. The van der Waals surface area contributed by atoms with Crippen LogP contribution in [0.1, 0.15) is 30.9 Å². The Morgan fingerprint density at radius 2 is 2.00 bits per heavy atom. The fraction of sp³-hybridized carbons (Fsp3) is 0.533. The van der Waals surface area contributed by atoms with E-state index in [-0.39, 0.29) is 6.54 Å². The van der Waals surface area contributed by atoms with Gasteiger partial charge in [0.2, 0.25) is 10.0 Å². The number of rotatable bonds is 3. The zero-order valence-electron chi connectivity index (χ0n) is 11.9. The van der Waals surface area contributed by atoms with Gasteiger partial charge in [-0.25, -0.2) is 8.42 Å². The molecule has 0 radical (unpaired) electrons. The molecule has 1 aliphatic heterocycles. The highest BCUT2D eigenvalue weighted by molar-refractivity contribution is 7.89. The van der Waals surface area contributed by atoms with Crippen molar-refractivity contribution in [3.05, 3.63) is 29.3 Å². The second-order valence-electron chi connectivity index (χ2n) is 5.87. The topological polar surface area (TPSA) is 74.7 Å². The first-order valence-corrected chi connectivity index (χ1v) is 8.72. The number of hydrogen-bond acceptors (Lipinski definition) is 3. The van der Waals surface area contributed by atoms with Gasteiger partial charge in [-0.15, -0.1) is 0 Å². The largest absolute Gasteiger partial charge is 0.481 e. The van der Waals surface area contributed by atoms with Crippen molar-refractivity contribution in [3.63, 3.8) is 0 Å². The van der Waals surface area contributed by atoms with Crippen molar-refractivity contribution >= 4 is 16.0 Å². The van der Waals surface area contributed by atoms with Gasteiger partial charge in [0.25, 0.3) is 0 Å². The van der Waals surface area contributed by atoms with Crippen molar-refractivity contribution in [2.75, 3.05) is 6.54 Å². The average molecular weight is 309 g/mol. The third kappa shape index (κ3) is 2.36. The van der Waals surface area contributed by atoms with Crippen LogP contribution in [0.2, 0.25) is 0 Å². The van der Waals surface area contributed by atoms with Crippen LogP contribution in [0.4, 0.5) is 0 Å². The van der Waals surface area contributed by atoms with Crippen molar-refractivity contribution in [2.45, 2.75) is 43.5 Å². The van der Waals surface area contributed by atoms with Gasteiger partial charge in [-0.05, 0) is 55.9 Å². The lowest BCUT2D eigenvalue weighted by Gasteiger charge is -2.23. The van der Waals surface area contributed by atoms with Crippen LogP contribution in [0, 0.1) is 5.92 Å². The molecule has 1 heterocycles. The second-order valence-corrected chi connectivity index (χ2v) is 7.76. The number of sulfonamides is 1. The van der Waals surface area contributed by atoms with Crippen LogP contribution in [-0.2, 0) is 27.7 Å². The molecule has 1 fully saturated rings. The Kier molecular flexibility index (Phi) is 3.53. The van der Waals surface area contributed by atoms with Gasteiger partial charge in [0.05, 0.1) is 10.8 Å². The monoisotopic (exact) mass is 309 g/mol. The van der Waals surface area contributed by atoms with E-state index < -0.39 is 28.0 Å². The van der Waals surface area contributed by atoms with Crippen LogP contribution in [0.15, 0.2) is 23.1 Å². The van der Waals surface area contributed by atoms with Crippen molar-refractivity contribution in [2.24, 2.45) is 5.92 Å². The Labute approximate surface area is 124 Å². The summed E-state index contributed by atoms with van der Waals surface area (Å²) in [6.45, 7) is 1.95. The number of aryl methyl sites for hydroxylation is 2. The first-order chi connectivity index (χ1) is 9.91. The molecule has 2 unspecified atom stereocenters. The van der Waals surface area contributed by atoms with Gasteiger partial charge in [-0.3, -0.25) is 4.79 Å². The Hall–Kier alpha value is -1.40. The molecule has 21 heavy (non-hydrogen) atoms. The van der Waals surface area contributed by atoms with E-state index in [9.17, 15) is 13.2 Å². The molecule has 1 saturated heterocycles. The van der Waals surface area contributed by atoms with Crippen molar-refractivity contribution < 1.29 is 18.3 Å². The number of hydrogen-bond donors (Lipinski definition) is 1. The van der Waals surface area contributed by atoms with Crippen molar-refractivity contribution in [1.29, 1.82) is 0 Å². The summed E-state index contributed by atoms with van der Waals surface area (Å²) in [5, 5.41) is 9.14. The molecule has 1 aliphatic carbocycles. The molecule has 1 aromatic carbocycles. The third-order valence-corrected chi connectivity index (χ3v) is 6.67. The number of aliphatic carboxylic acids is 1. The minimum absolute atomic E-state index is 0.275. The summed E-state index contributed by atoms with van der Waals surface area (Å²) in [4.78, 5) is 11.4. The number of benzene rings is 1. The first kappa shape index (κ1) is 14.5. The second kappa shape index (κ2) is 5.10. The number of carboxylic acids is 1. The molecule has 2 atom stereocenters. The summed E-state index contributed by atoms with van der Waals surface area (Å²) in [5.74, 6) is -1.54. The SMILES string of the molecule is CC1C(C(=O)O)CCN1S(=O)(=O)c1ccc2c(c1)CCC2. The fourth-order valence-electron chi connectivity index (χ4n) is 3.42. The van der Waals surface area contributed by atoms with E-state index in [1.807, 2.05) is 6.07 Å². The third-order valence-electron chi connectivity index (χ3n) is 4.69. The summed E-state index contributed by atoms with van der Waals surface area (Å²) in [6.07, 6.45) is 3.38. The molecule has 1 N–H and O–H groups in total. The molecule has 0 amide bonds. The van der Waals surface area contributed by atoms with Gasteiger partial charge < -0.3 is 5.11 Å². The van der Waals surface area contributed by atoms with Gasteiger partial charge in [0, 0.05) is 12.6 Å². The summed E-state index contributed by atoms with van der Waals surface area (Å²) < 4.78 is 26.8. The molecule has 0 saturated carbocycles. The standard InChI is InChI=1S/C15H19NO4S/c1-10-14(15(17)18)7-8-16(10)21(19,20)13-6-5-11-3-2-4-12(11)9-13/h5-6,9-10,14H,2-4,7-8H2,1H3,(H,17,18).